The molecule has 2 atom stereocenters. The first-order valence-corrected chi connectivity index (χ1v) is 11.3. The molecule has 1 aromatic carbocycles. The van der Waals surface area contributed by atoms with Crippen LogP contribution in [-0.2, 0) is 14.8 Å². The number of ether oxygens (including phenoxy) is 2. The Morgan fingerprint density at radius 1 is 1.25 bits per heavy atom. The maximum atomic E-state index is 12.5. The molecule has 2 rings (SSSR count). The molecule has 1 aromatic rings. The summed E-state index contributed by atoms with van der Waals surface area (Å²) < 4.78 is 38.6. The highest BCUT2D eigenvalue weighted by Crippen LogP contribution is 2.26. The van der Waals surface area contributed by atoms with Gasteiger partial charge < -0.3 is 14.8 Å². The van der Waals surface area contributed by atoms with E-state index in [-0.39, 0.29) is 34.3 Å². The fraction of sp³-hybridized carbons (Fsp3) is 0.650. The highest BCUT2D eigenvalue weighted by Gasteiger charge is 2.23. The number of methoxy groups -OCH3 is 1. The van der Waals surface area contributed by atoms with Crippen molar-refractivity contribution in [3.63, 3.8) is 0 Å². The zero-order valence-electron chi connectivity index (χ0n) is 17.2. The van der Waals surface area contributed by atoms with Crippen molar-refractivity contribution in [2.45, 2.75) is 63.5 Å². The Hall–Kier alpha value is -1.64. The van der Waals surface area contributed by atoms with Gasteiger partial charge in [0, 0.05) is 18.2 Å². The molecule has 158 valence electrons. The van der Waals surface area contributed by atoms with E-state index < -0.39 is 10.0 Å². The summed E-state index contributed by atoms with van der Waals surface area (Å²) in [5.74, 6) is 0.399. The second-order valence-corrected chi connectivity index (χ2v) is 9.25. The molecule has 2 N–H and O–H groups in total. The fourth-order valence-electron chi connectivity index (χ4n) is 3.41. The number of rotatable bonds is 9. The normalized spacial score (nSPS) is 20.2. The molecule has 1 amide bonds. The minimum atomic E-state index is -3.78. The van der Waals surface area contributed by atoms with Gasteiger partial charge in [0.1, 0.15) is 10.6 Å². The molecule has 8 heteroatoms. The number of hydrogen-bond donors (Lipinski definition) is 2. The van der Waals surface area contributed by atoms with Crippen LogP contribution in [0.15, 0.2) is 23.1 Å². The first-order valence-electron chi connectivity index (χ1n) is 9.84. The standard InChI is InChI=1S/C20H32N2O5S/c1-14(2)22-28(24,25)19-13-16(9-10-18(19)26-4)20(23)21-11-12-27-17-8-6-5-7-15(17)3/h9-10,13-15,17,22H,5-8,11-12H2,1-4H3,(H,21,23). The Morgan fingerprint density at radius 3 is 2.61 bits per heavy atom. The SMILES string of the molecule is COc1ccc(C(=O)NCCOC2CCCCC2C)cc1S(=O)(=O)NC(C)C. The number of hydrogen-bond acceptors (Lipinski definition) is 5. The molecule has 0 aliphatic heterocycles. The number of carbonyl (C=O) groups is 1. The third-order valence-electron chi connectivity index (χ3n) is 4.86. The number of nitrogens with one attached hydrogen (secondary N) is 2. The molecule has 1 aliphatic rings. The number of benzene rings is 1. The summed E-state index contributed by atoms with van der Waals surface area (Å²) in [6, 6.07) is 4.10. The van der Waals surface area contributed by atoms with Crippen molar-refractivity contribution < 1.29 is 22.7 Å². The Morgan fingerprint density at radius 2 is 1.96 bits per heavy atom. The van der Waals surface area contributed by atoms with Crippen molar-refractivity contribution in [1.29, 1.82) is 0 Å². The van der Waals surface area contributed by atoms with Gasteiger partial charge in [0.15, 0.2) is 0 Å². The summed E-state index contributed by atoms with van der Waals surface area (Å²) in [5.41, 5.74) is 0.260. The van der Waals surface area contributed by atoms with Gasteiger partial charge in [-0.3, -0.25) is 4.79 Å². The third kappa shape index (κ3) is 6.18. The zero-order chi connectivity index (χ0) is 20.7. The number of carbonyl (C=O) groups excluding carboxylic acids is 1. The van der Waals surface area contributed by atoms with Crippen molar-refractivity contribution >= 4 is 15.9 Å². The van der Waals surface area contributed by atoms with Crippen molar-refractivity contribution in [2.24, 2.45) is 5.92 Å². The average Bonchev–Trinajstić information content (AvgIpc) is 2.64. The lowest BCUT2D eigenvalue weighted by atomic mass is 9.88. The highest BCUT2D eigenvalue weighted by atomic mass is 32.2. The third-order valence-corrected chi connectivity index (χ3v) is 6.54. The van der Waals surface area contributed by atoms with Gasteiger partial charge in [-0.05, 0) is 50.8 Å². The van der Waals surface area contributed by atoms with E-state index in [0.717, 1.165) is 6.42 Å². The van der Waals surface area contributed by atoms with Crippen LogP contribution in [0.4, 0.5) is 0 Å². The van der Waals surface area contributed by atoms with Crippen molar-refractivity contribution in [3.8, 4) is 5.75 Å². The maximum absolute atomic E-state index is 12.5. The molecule has 0 radical (unpaired) electrons. The largest absolute Gasteiger partial charge is 0.495 e. The summed E-state index contributed by atoms with van der Waals surface area (Å²) in [7, 11) is -2.39. The monoisotopic (exact) mass is 412 g/mol. The molecule has 2 unspecified atom stereocenters. The topological polar surface area (TPSA) is 93.7 Å². The first kappa shape index (κ1) is 22.6. The molecule has 0 heterocycles. The second-order valence-electron chi connectivity index (χ2n) is 7.57. The molecule has 0 saturated heterocycles. The van der Waals surface area contributed by atoms with E-state index in [1.54, 1.807) is 19.9 Å². The lowest BCUT2D eigenvalue weighted by Crippen LogP contribution is -2.32. The summed E-state index contributed by atoms with van der Waals surface area (Å²) in [6.07, 6.45) is 4.95. The smallest absolute Gasteiger partial charge is 0.251 e. The molecule has 0 aromatic heterocycles. The van der Waals surface area contributed by atoms with E-state index in [0.29, 0.717) is 19.1 Å². The minimum Gasteiger partial charge on any atom is -0.495 e. The lowest BCUT2D eigenvalue weighted by molar-refractivity contribution is -0.00294. The van der Waals surface area contributed by atoms with Crippen LogP contribution in [-0.4, -0.2) is 46.7 Å². The predicted octanol–water partition coefficient (Wildman–Crippen LogP) is 2.71. The van der Waals surface area contributed by atoms with E-state index in [4.69, 9.17) is 9.47 Å². The van der Waals surface area contributed by atoms with Gasteiger partial charge in [-0.15, -0.1) is 0 Å². The van der Waals surface area contributed by atoms with Crippen molar-refractivity contribution in [1.82, 2.24) is 10.0 Å². The quantitative estimate of drug-likeness (QED) is 0.608. The van der Waals surface area contributed by atoms with E-state index in [2.05, 4.69) is 17.0 Å². The van der Waals surface area contributed by atoms with Crippen LogP contribution >= 0.6 is 0 Å². The van der Waals surface area contributed by atoms with E-state index in [1.165, 1.54) is 38.5 Å². The molecule has 0 spiro atoms. The van der Waals surface area contributed by atoms with Gasteiger partial charge in [0.2, 0.25) is 10.0 Å². The summed E-state index contributed by atoms with van der Waals surface area (Å²) in [4.78, 5) is 12.4. The van der Waals surface area contributed by atoms with Crippen molar-refractivity contribution in [2.75, 3.05) is 20.3 Å². The van der Waals surface area contributed by atoms with Crippen LogP contribution < -0.4 is 14.8 Å². The minimum absolute atomic E-state index is 0.0522. The molecular weight excluding hydrogens is 380 g/mol. The van der Waals surface area contributed by atoms with Gasteiger partial charge in [-0.25, -0.2) is 13.1 Å². The average molecular weight is 413 g/mol. The van der Waals surface area contributed by atoms with Crippen LogP contribution in [0.2, 0.25) is 0 Å². The first-order chi connectivity index (χ1) is 13.2. The Kier molecular flexibility index (Phi) is 8.27. The second kappa shape index (κ2) is 10.2. The molecule has 28 heavy (non-hydrogen) atoms. The molecule has 1 fully saturated rings. The Labute approximate surface area is 168 Å². The van der Waals surface area contributed by atoms with Gasteiger partial charge in [0.25, 0.3) is 5.91 Å². The highest BCUT2D eigenvalue weighted by molar-refractivity contribution is 7.89. The summed E-state index contributed by atoms with van der Waals surface area (Å²) >= 11 is 0. The van der Waals surface area contributed by atoms with E-state index >= 15 is 0 Å². The maximum Gasteiger partial charge on any atom is 0.251 e. The van der Waals surface area contributed by atoms with E-state index in [1.807, 2.05) is 0 Å². The molecule has 0 bridgehead atoms. The van der Waals surface area contributed by atoms with Crippen LogP contribution in [0.25, 0.3) is 0 Å². The summed E-state index contributed by atoms with van der Waals surface area (Å²) in [6.45, 7) is 6.48. The van der Waals surface area contributed by atoms with Crippen LogP contribution in [0, 0.1) is 5.92 Å². The molecular formula is C20H32N2O5S. The number of sulfonamides is 1. The predicted molar refractivity (Wildman–Crippen MR) is 108 cm³/mol. The van der Waals surface area contributed by atoms with E-state index in [9.17, 15) is 13.2 Å². The Bertz CT molecular complexity index is 764. The van der Waals surface area contributed by atoms with Crippen molar-refractivity contribution in [3.05, 3.63) is 23.8 Å². The molecule has 1 saturated carbocycles. The van der Waals surface area contributed by atoms with Crippen LogP contribution in [0.1, 0.15) is 56.8 Å². The fourth-order valence-corrected chi connectivity index (χ4v) is 4.85. The summed E-state index contributed by atoms with van der Waals surface area (Å²) in [5, 5.41) is 2.79. The lowest BCUT2D eigenvalue weighted by Gasteiger charge is -2.28. The van der Waals surface area contributed by atoms with Gasteiger partial charge >= 0.3 is 0 Å². The number of amides is 1. The Balaban J connectivity index is 1.98. The molecule has 7 nitrogen and oxygen atoms in total. The van der Waals surface area contributed by atoms with Gasteiger partial charge in [-0.1, -0.05) is 19.8 Å². The molecule has 1 aliphatic carbocycles. The van der Waals surface area contributed by atoms with Crippen LogP contribution in [0.3, 0.4) is 0 Å². The zero-order valence-corrected chi connectivity index (χ0v) is 18.0. The van der Waals surface area contributed by atoms with Gasteiger partial charge in [-0.2, -0.15) is 0 Å². The van der Waals surface area contributed by atoms with Gasteiger partial charge in [0.05, 0.1) is 19.8 Å². The van der Waals surface area contributed by atoms with Crippen LogP contribution in [0.5, 0.6) is 5.75 Å².